The van der Waals surface area contributed by atoms with E-state index in [1.54, 1.807) is 6.20 Å². The maximum Gasteiger partial charge on any atom is 0.148 e. The van der Waals surface area contributed by atoms with Gasteiger partial charge in [0, 0.05) is 5.54 Å². The van der Waals surface area contributed by atoms with E-state index in [0.29, 0.717) is 10.8 Å². The Morgan fingerprint density at radius 3 is 2.79 bits per heavy atom. The first-order valence-electron chi connectivity index (χ1n) is 4.79. The highest BCUT2D eigenvalue weighted by atomic mass is 35.5. The lowest BCUT2D eigenvalue weighted by atomic mass is 9.99. The Morgan fingerprint density at radius 2 is 2.21 bits per heavy atom. The Balaban J connectivity index is 2.73. The maximum absolute atomic E-state index is 5.94. The monoisotopic (exact) mass is 213 g/mol. The third kappa shape index (κ3) is 3.14. The summed E-state index contributed by atoms with van der Waals surface area (Å²) in [4.78, 5) is 7.93. The van der Waals surface area contributed by atoms with Crippen molar-refractivity contribution in [1.29, 1.82) is 0 Å². The largest absolute Gasteiger partial charge is 0.364 e. The van der Waals surface area contributed by atoms with Gasteiger partial charge in [-0.2, -0.15) is 0 Å². The van der Waals surface area contributed by atoms with Gasteiger partial charge in [-0.1, -0.05) is 24.9 Å². The number of rotatable bonds is 4. The molecule has 0 aromatic carbocycles. The molecule has 14 heavy (non-hydrogen) atoms. The molecule has 1 aromatic heterocycles. The summed E-state index contributed by atoms with van der Waals surface area (Å²) >= 11 is 5.94. The number of anilines is 1. The third-order valence-corrected chi connectivity index (χ3v) is 2.28. The smallest absolute Gasteiger partial charge is 0.148 e. The van der Waals surface area contributed by atoms with Crippen LogP contribution in [0.15, 0.2) is 12.5 Å². The van der Waals surface area contributed by atoms with Crippen LogP contribution in [0.1, 0.15) is 33.6 Å². The van der Waals surface area contributed by atoms with Crippen molar-refractivity contribution in [3.63, 3.8) is 0 Å². The van der Waals surface area contributed by atoms with E-state index in [4.69, 9.17) is 11.6 Å². The minimum absolute atomic E-state index is 0.0206. The minimum atomic E-state index is 0.0206. The van der Waals surface area contributed by atoms with Crippen LogP contribution in [-0.2, 0) is 0 Å². The fourth-order valence-electron chi connectivity index (χ4n) is 1.41. The quantitative estimate of drug-likeness (QED) is 0.835. The van der Waals surface area contributed by atoms with Crippen LogP contribution in [0.4, 0.5) is 5.82 Å². The van der Waals surface area contributed by atoms with Crippen LogP contribution in [0.5, 0.6) is 0 Å². The van der Waals surface area contributed by atoms with E-state index < -0.39 is 0 Å². The molecule has 3 nitrogen and oxygen atoms in total. The zero-order valence-electron chi connectivity index (χ0n) is 8.84. The topological polar surface area (TPSA) is 37.8 Å². The van der Waals surface area contributed by atoms with Gasteiger partial charge in [0.15, 0.2) is 0 Å². The highest BCUT2D eigenvalue weighted by molar-refractivity contribution is 6.32. The Labute approximate surface area is 89.9 Å². The number of hydrogen-bond donors (Lipinski definition) is 1. The molecular weight excluding hydrogens is 198 g/mol. The van der Waals surface area contributed by atoms with Crippen molar-refractivity contribution in [3.8, 4) is 0 Å². The van der Waals surface area contributed by atoms with Crippen molar-refractivity contribution < 1.29 is 0 Å². The number of hydrogen-bond acceptors (Lipinski definition) is 3. The molecule has 1 heterocycles. The van der Waals surface area contributed by atoms with Gasteiger partial charge >= 0.3 is 0 Å². The van der Waals surface area contributed by atoms with Gasteiger partial charge in [0.2, 0.25) is 0 Å². The van der Waals surface area contributed by atoms with E-state index in [1.807, 2.05) is 0 Å². The maximum atomic E-state index is 5.94. The second-order valence-corrected chi connectivity index (χ2v) is 4.39. The Hall–Kier alpha value is -0.830. The molecule has 1 N–H and O–H groups in total. The fourth-order valence-corrected chi connectivity index (χ4v) is 1.57. The predicted octanol–water partition coefficient (Wildman–Crippen LogP) is 3.12. The molecule has 0 spiro atoms. The molecule has 4 heteroatoms. The molecule has 0 aliphatic carbocycles. The van der Waals surface area contributed by atoms with Gasteiger partial charge in [0.1, 0.15) is 17.2 Å². The van der Waals surface area contributed by atoms with Crippen molar-refractivity contribution in [2.45, 2.75) is 39.2 Å². The predicted molar refractivity (Wildman–Crippen MR) is 59.7 cm³/mol. The van der Waals surface area contributed by atoms with Crippen molar-refractivity contribution in [3.05, 3.63) is 17.5 Å². The van der Waals surface area contributed by atoms with Crippen LogP contribution in [0.2, 0.25) is 5.02 Å². The molecule has 0 fully saturated rings. The minimum Gasteiger partial charge on any atom is -0.364 e. The van der Waals surface area contributed by atoms with Crippen molar-refractivity contribution in [2.75, 3.05) is 5.32 Å². The second kappa shape index (κ2) is 4.60. The third-order valence-electron chi connectivity index (χ3n) is 2.00. The summed E-state index contributed by atoms with van der Waals surface area (Å²) in [6.45, 7) is 6.43. The Morgan fingerprint density at radius 1 is 1.50 bits per heavy atom. The molecular formula is C10H16ClN3. The summed E-state index contributed by atoms with van der Waals surface area (Å²) in [6, 6.07) is 0. The molecule has 78 valence electrons. The zero-order chi connectivity index (χ0) is 10.6. The molecule has 0 amide bonds. The number of nitrogens with zero attached hydrogens (tertiary/aromatic N) is 2. The van der Waals surface area contributed by atoms with Crippen LogP contribution in [0, 0.1) is 0 Å². The first-order chi connectivity index (χ1) is 6.55. The van der Waals surface area contributed by atoms with Crippen LogP contribution in [0.25, 0.3) is 0 Å². The highest BCUT2D eigenvalue weighted by Crippen LogP contribution is 2.23. The van der Waals surface area contributed by atoms with E-state index in [1.165, 1.54) is 6.33 Å². The molecule has 0 bridgehead atoms. The van der Waals surface area contributed by atoms with Gasteiger partial charge < -0.3 is 5.32 Å². The summed E-state index contributed by atoms with van der Waals surface area (Å²) in [5, 5.41) is 3.87. The molecule has 0 atom stereocenters. The fraction of sp³-hybridized carbons (Fsp3) is 0.600. The van der Waals surface area contributed by atoms with Crippen LogP contribution in [-0.4, -0.2) is 15.5 Å². The molecule has 0 unspecified atom stereocenters. The van der Waals surface area contributed by atoms with Gasteiger partial charge in [0.25, 0.3) is 0 Å². The standard InChI is InChI=1S/C10H16ClN3/c1-4-5-10(2,3)14-9-8(11)6-12-7-13-9/h6-7H,4-5H2,1-3H3,(H,12,13,14). The van der Waals surface area contributed by atoms with Crippen LogP contribution >= 0.6 is 11.6 Å². The van der Waals surface area contributed by atoms with E-state index in [2.05, 4.69) is 36.1 Å². The van der Waals surface area contributed by atoms with Gasteiger partial charge in [-0.15, -0.1) is 0 Å². The van der Waals surface area contributed by atoms with Crippen molar-refractivity contribution in [2.24, 2.45) is 0 Å². The SMILES string of the molecule is CCCC(C)(C)Nc1ncncc1Cl. The summed E-state index contributed by atoms with van der Waals surface area (Å²) < 4.78 is 0. The summed E-state index contributed by atoms with van der Waals surface area (Å²) in [5.41, 5.74) is 0.0206. The van der Waals surface area contributed by atoms with E-state index in [9.17, 15) is 0 Å². The molecule has 0 aliphatic rings. The Kier molecular flexibility index (Phi) is 3.69. The summed E-state index contributed by atoms with van der Waals surface area (Å²) in [5.74, 6) is 0.708. The van der Waals surface area contributed by atoms with Crippen molar-refractivity contribution in [1.82, 2.24) is 9.97 Å². The van der Waals surface area contributed by atoms with Gasteiger partial charge in [-0.05, 0) is 20.3 Å². The number of nitrogens with one attached hydrogen (secondary N) is 1. The molecule has 1 aromatic rings. The van der Waals surface area contributed by atoms with Crippen LogP contribution < -0.4 is 5.32 Å². The summed E-state index contributed by atoms with van der Waals surface area (Å²) in [6.07, 6.45) is 5.30. The van der Waals surface area contributed by atoms with Gasteiger partial charge in [-0.3, -0.25) is 0 Å². The van der Waals surface area contributed by atoms with Crippen molar-refractivity contribution >= 4 is 17.4 Å². The van der Waals surface area contributed by atoms with Crippen LogP contribution in [0.3, 0.4) is 0 Å². The second-order valence-electron chi connectivity index (χ2n) is 3.98. The molecule has 0 saturated heterocycles. The lowest BCUT2D eigenvalue weighted by Gasteiger charge is -2.26. The van der Waals surface area contributed by atoms with E-state index in [-0.39, 0.29) is 5.54 Å². The molecule has 0 aliphatic heterocycles. The molecule has 0 radical (unpaired) electrons. The van der Waals surface area contributed by atoms with Gasteiger partial charge in [-0.25, -0.2) is 9.97 Å². The van der Waals surface area contributed by atoms with E-state index >= 15 is 0 Å². The Bertz CT molecular complexity index is 299. The molecule has 1 rings (SSSR count). The normalized spacial score (nSPS) is 11.4. The summed E-state index contributed by atoms with van der Waals surface area (Å²) in [7, 11) is 0. The molecule has 0 saturated carbocycles. The highest BCUT2D eigenvalue weighted by Gasteiger charge is 2.17. The number of halogens is 1. The lowest BCUT2D eigenvalue weighted by molar-refractivity contribution is 0.509. The first-order valence-corrected chi connectivity index (χ1v) is 5.16. The average molecular weight is 214 g/mol. The van der Waals surface area contributed by atoms with Gasteiger partial charge in [0.05, 0.1) is 6.20 Å². The first kappa shape index (κ1) is 11.2. The number of aromatic nitrogens is 2. The average Bonchev–Trinajstić information content (AvgIpc) is 2.08. The zero-order valence-corrected chi connectivity index (χ0v) is 9.60. The lowest BCUT2D eigenvalue weighted by Crippen LogP contribution is -2.31. The van der Waals surface area contributed by atoms with E-state index in [0.717, 1.165) is 12.8 Å².